The fraction of sp³-hybridized carbons (Fsp3) is 0.938. The molecule has 0 radical (unpaired) electrons. The van der Waals surface area contributed by atoms with Gasteiger partial charge in [0, 0.05) is 6.42 Å². The van der Waals surface area contributed by atoms with Gasteiger partial charge in [0.15, 0.2) is 0 Å². The number of hydrogen-bond donors (Lipinski definition) is 1. The highest BCUT2D eigenvalue weighted by atomic mass is 16.1. The van der Waals surface area contributed by atoms with Crippen LogP contribution < -0.4 is 5.73 Å². The van der Waals surface area contributed by atoms with Crippen molar-refractivity contribution in [2.24, 2.45) is 11.7 Å². The quantitative estimate of drug-likeness (QED) is 0.523. The molecule has 0 aromatic heterocycles. The standard InChI is InChI=1S/C16H33NO/c1-4-6-7-8-9-10-11-12-13-15(18)16(17)14(3)5-2/h14,16H,4-13,17H2,1-3H3. The summed E-state index contributed by atoms with van der Waals surface area (Å²) in [6.45, 7) is 6.40. The van der Waals surface area contributed by atoms with Crippen molar-refractivity contribution < 1.29 is 4.79 Å². The van der Waals surface area contributed by atoms with Gasteiger partial charge in [-0.2, -0.15) is 0 Å². The molecule has 0 bridgehead atoms. The highest BCUT2D eigenvalue weighted by Crippen LogP contribution is 2.12. The van der Waals surface area contributed by atoms with Crippen LogP contribution in [0.3, 0.4) is 0 Å². The molecule has 0 saturated carbocycles. The Bertz CT molecular complexity index is 203. The maximum absolute atomic E-state index is 11.8. The van der Waals surface area contributed by atoms with Gasteiger partial charge in [-0.1, -0.05) is 72.1 Å². The van der Waals surface area contributed by atoms with Gasteiger partial charge in [-0.25, -0.2) is 0 Å². The van der Waals surface area contributed by atoms with Gasteiger partial charge < -0.3 is 5.73 Å². The fourth-order valence-corrected chi connectivity index (χ4v) is 2.17. The Morgan fingerprint density at radius 2 is 1.44 bits per heavy atom. The molecule has 2 unspecified atom stereocenters. The minimum atomic E-state index is -0.237. The van der Waals surface area contributed by atoms with Crippen LogP contribution >= 0.6 is 0 Å². The van der Waals surface area contributed by atoms with Crippen LogP contribution in [0.1, 0.15) is 85.0 Å². The summed E-state index contributed by atoms with van der Waals surface area (Å²) in [7, 11) is 0. The van der Waals surface area contributed by atoms with Crippen LogP contribution in [0.15, 0.2) is 0 Å². The molecule has 2 N–H and O–H groups in total. The summed E-state index contributed by atoms with van der Waals surface area (Å²) in [5.74, 6) is 0.585. The first-order chi connectivity index (χ1) is 8.63. The van der Waals surface area contributed by atoms with E-state index in [4.69, 9.17) is 5.73 Å². The van der Waals surface area contributed by atoms with Gasteiger partial charge in [-0.15, -0.1) is 0 Å². The third-order valence-corrected chi connectivity index (χ3v) is 3.91. The molecule has 0 aliphatic heterocycles. The molecule has 2 heteroatoms. The predicted molar refractivity (Wildman–Crippen MR) is 79.7 cm³/mol. The fourth-order valence-electron chi connectivity index (χ4n) is 2.17. The Balaban J connectivity index is 3.40. The van der Waals surface area contributed by atoms with E-state index in [0.717, 1.165) is 12.8 Å². The number of carbonyl (C=O) groups is 1. The average molecular weight is 255 g/mol. The number of nitrogens with two attached hydrogens (primary N) is 1. The highest BCUT2D eigenvalue weighted by Gasteiger charge is 2.18. The van der Waals surface area contributed by atoms with Gasteiger partial charge in [0.1, 0.15) is 5.78 Å². The maximum atomic E-state index is 11.8. The lowest BCUT2D eigenvalue weighted by Gasteiger charge is -2.16. The van der Waals surface area contributed by atoms with Crippen LogP contribution in [-0.2, 0) is 4.79 Å². The lowest BCUT2D eigenvalue weighted by molar-refractivity contribution is -0.121. The second-order valence-corrected chi connectivity index (χ2v) is 5.60. The van der Waals surface area contributed by atoms with Crippen LogP contribution in [0.2, 0.25) is 0 Å². The van der Waals surface area contributed by atoms with Gasteiger partial charge in [-0.05, 0) is 12.3 Å². The number of rotatable bonds is 12. The van der Waals surface area contributed by atoms with Crippen molar-refractivity contribution >= 4 is 5.78 Å². The molecule has 0 aliphatic rings. The summed E-state index contributed by atoms with van der Waals surface area (Å²) in [4.78, 5) is 11.8. The van der Waals surface area contributed by atoms with E-state index in [0.29, 0.717) is 12.3 Å². The van der Waals surface area contributed by atoms with Crippen LogP contribution in [0.5, 0.6) is 0 Å². The smallest absolute Gasteiger partial charge is 0.149 e. The van der Waals surface area contributed by atoms with Gasteiger partial charge >= 0.3 is 0 Å². The van der Waals surface area contributed by atoms with E-state index in [9.17, 15) is 4.79 Å². The zero-order valence-electron chi connectivity index (χ0n) is 12.7. The number of carbonyl (C=O) groups excluding carboxylic acids is 1. The third kappa shape index (κ3) is 8.68. The van der Waals surface area contributed by atoms with Gasteiger partial charge in [0.25, 0.3) is 0 Å². The van der Waals surface area contributed by atoms with E-state index in [1.807, 2.05) is 0 Å². The van der Waals surface area contributed by atoms with Crippen molar-refractivity contribution in [3.05, 3.63) is 0 Å². The van der Waals surface area contributed by atoms with Gasteiger partial charge in [0.2, 0.25) is 0 Å². The van der Waals surface area contributed by atoms with Crippen molar-refractivity contribution in [3.63, 3.8) is 0 Å². The summed E-state index contributed by atoms with van der Waals surface area (Å²) in [5, 5.41) is 0. The molecule has 0 saturated heterocycles. The first-order valence-corrected chi connectivity index (χ1v) is 7.91. The van der Waals surface area contributed by atoms with Crippen LogP contribution in [-0.4, -0.2) is 11.8 Å². The molecule has 0 amide bonds. The summed E-state index contributed by atoms with van der Waals surface area (Å²) < 4.78 is 0. The van der Waals surface area contributed by atoms with Crippen molar-refractivity contribution in [3.8, 4) is 0 Å². The zero-order chi connectivity index (χ0) is 13.8. The molecule has 0 aromatic carbocycles. The highest BCUT2D eigenvalue weighted by molar-refractivity contribution is 5.83. The Kier molecular flexibility index (Phi) is 11.5. The number of hydrogen-bond acceptors (Lipinski definition) is 2. The van der Waals surface area contributed by atoms with Crippen molar-refractivity contribution in [1.82, 2.24) is 0 Å². The van der Waals surface area contributed by atoms with E-state index in [-0.39, 0.29) is 11.8 Å². The predicted octanol–water partition coefficient (Wildman–Crippen LogP) is 4.46. The number of Topliss-reactive ketones (excluding diaryl/α,β-unsaturated/α-hetero) is 1. The Morgan fingerprint density at radius 1 is 0.944 bits per heavy atom. The molecule has 0 aliphatic carbocycles. The van der Waals surface area contributed by atoms with Gasteiger partial charge in [-0.3, -0.25) is 4.79 Å². The molecule has 0 rings (SSSR count). The molecule has 0 spiro atoms. The molecule has 0 aromatic rings. The lowest BCUT2D eigenvalue weighted by Crippen LogP contribution is -2.36. The average Bonchev–Trinajstić information content (AvgIpc) is 2.39. The monoisotopic (exact) mass is 255 g/mol. The Hall–Kier alpha value is -0.370. The number of ketones is 1. The van der Waals surface area contributed by atoms with Crippen LogP contribution in [0, 0.1) is 5.92 Å². The van der Waals surface area contributed by atoms with E-state index in [1.165, 1.54) is 44.9 Å². The molecule has 0 fully saturated rings. The molecule has 2 nitrogen and oxygen atoms in total. The minimum absolute atomic E-state index is 0.237. The maximum Gasteiger partial charge on any atom is 0.149 e. The second kappa shape index (κ2) is 11.7. The normalized spacial score (nSPS) is 14.4. The summed E-state index contributed by atoms with van der Waals surface area (Å²) in [6.07, 6.45) is 11.9. The first-order valence-electron chi connectivity index (χ1n) is 7.91. The van der Waals surface area contributed by atoms with E-state index < -0.39 is 0 Å². The molecule has 18 heavy (non-hydrogen) atoms. The zero-order valence-corrected chi connectivity index (χ0v) is 12.7. The molecule has 0 heterocycles. The van der Waals surface area contributed by atoms with E-state index >= 15 is 0 Å². The first kappa shape index (κ1) is 17.6. The lowest BCUT2D eigenvalue weighted by atomic mass is 9.93. The largest absolute Gasteiger partial charge is 0.321 e. The number of unbranched alkanes of at least 4 members (excludes halogenated alkanes) is 7. The molecular weight excluding hydrogens is 222 g/mol. The van der Waals surface area contributed by atoms with Crippen LogP contribution in [0.25, 0.3) is 0 Å². The van der Waals surface area contributed by atoms with Crippen LogP contribution in [0.4, 0.5) is 0 Å². The Morgan fingerprint density at radius 3 is 1.94 bits per heavy atom. The SMILES string of the molecule is CCCCCCCCCCC(=O)C(N)C(C)CC. The molecule has 108 valence electrons. The van der Waals surface area contributed by atoms with Crippen molar-refractivity contribution in [1.29, 1.82) is 0 Å². The topological polar surface area (TPSA) is 43.1 Å². The minimum Gasteiger partial charge on any atom is -0.321 e. The van der Waals surface area contributed by atoms with Gasteiger partial charge in [0.05, 0.1) is 6.04 Å². The Labute approximate surface area is 114 Å². The van der Waals surface area contributed by atoms with E-state index in [1.54, 1.807) is 0 Å². The third-order valence-electron chi connectivity index (χ3n) is 3.91. The van der Waals surface area contributed by atoms with Crippen molar-refractivity contribution in [2.45, 2.75) is 91.0 Å². The second-order valence-electron chi connectivity index (χ2n) is 5.60. The summed E-state index contributed by atoms with van der Waals surface area (Å²) in [6, 6.07) is -0.237. The summed E-state index contributed by atoms with van der Waals surface area (Å²) >= 11 is 0. The summed E-state index contributed by atoms with van der Waals surface area (Å²) in [5.41, 5.74) is 5.92. The van der Waals surface area contributed by atoms with E-state index in [2.05, 4.69) is 20.8 Å². The molecular formula is C16H33NO. The molecule has 2 atom stereocenters. The van der Waals surface area contributed by atoms with Crippen molar-refractivity contribution in [2.75, 3.05) is 0 Å².